The molecule has 134 valence electrons. The molecular weight excluding hydrogens is 354 g/mol. The van der Waals surface area contributed by atoms with Crippen LogP contribution in [0, 0.1) is 4.84 Å². The van der Waals surface area contributed by atoms with E-state index in [0.29, 0.717) is 17.3 Å². The molecule has 1 amide bonds. The Morgan fingerprint density at radius 1 is 1.15 bits per heavy atom. The van der Waals surface area contributed by atoms with Crippen LogP contribution in [-0.2, 0) is 17.9 Å². The second-order valence-corrected chi connectivity index (χ2v) is 5.65. The van der Waals surface area contributed by atoms with Gasteiger partial charge in [-0.05, 0) is 48.6 Å². The largest absolute Gasteiger partial charge is 0.497 e. The lowest BCUT2D eigenvalue weighted by atomic mass is 10.3. The molecule has 26 heavy (non-hydrogen) atoms. The number of hydrogen-bond acceptors (Lipinski definition) is 6. The van der Waals surface area contributed by atoms with Gasteiger partial charge in [0.1, 0.15) is 18.0 Å². The first-order valence-electron chi connectivity index (χ1n) is 7.82. The quantitative estimate of drug-likeness (QED) is 0.641. The van der Waals surface area contributed by atoms with Crippen molar-refractivity contribution in [3.63, 3.8) is 0 Å². The fourth-order valence-corrected chi connectivity index (χ4v) is 2.38. The third kappa shape index (κ3) is 4.70. The lowest BCUT2D eigenvalue weighted by Crippen LogP contribution is -2.19. The highest BCUT2D eigenvalue weighted by molar-refractivity contribution is 7.71. The molecule has 0 saturated heterocycles. The molecule has 1 aromatic heterocycles. The zero-order valence-corrected chi connectivity index (χ0v) is 14.9. The van der Waals surface area contributed by atoms with E-state index >= 15 is 0 Å². The number of hydrogen-bond donors (Lipinski definition) is 1. The molecule has 0 unspecified atom stereocenters. The van der Waals surface area contributed by atoms with E-state index in [4.69, 9.17) is 26.1 Å². The van der Waals surface area contributed by atoms with Gasteiger partial charge in [0.05, 0.1) is 7.11 Å². The molecule has 0 saturated carbocycles. The molecule has 2 aromatic carbocycles. The summed E-state index contributed by atoms with van der Waals surface area (Å²) < 4.78 is 17.4. The number of aromatic nitrogens is 2. The molecule has 0 aliphatic heterocycles. The van der Waals surface area contributed by atoms with Crippen molar-refractivity contribution >= 4 is 23.8 Å². The molecule has 0 atom stereocenters. The van der Waals surface area contributed by atoms with Crippen LogP contribution in [-0.4, -0.2) is 22.8 Å². The number of carbonyl (C=O) groups is 1. The Balaban J connectivity index is 1.57. The molecular formula is C18H17N3O4S. The Hall–Kier alpha value is -3.13. The third-order valence-electron chi connectivity index (χ3n) is 3.42. The van der Waals surface area contributed by atoms with Gasteiger partial charge in [0, 0.05) is 5.69 Å². The highest BCUT2D eigenvalue weighted by Gasteiger charge is 2.10. The summed E-state index contributed by atoms with van der Waals surface area (Å²) in [5, 5.41) is 6.94. The highest BCUT2D eigenvalue weighted by Crippen LogP contribution is 2.18. The van der Waals surface area contributed by atoms with Crippen LogP contribution in [0.5, 0.6) is 11.5 Å². The fraction of sp³-hybridized carbons (Fsp3) is 0.167. The van der Waals surface area contributed by atoms with E-state index in [1.54, 1.807) is 43.5 Å². The molecule has 0 fully saturated rings. The number of nitrogens with zero attached hydrogens (tertiary/aromatic N) is 2. The van der Waals surface area contributed by atoms with Crippen molar-refractivity contribution in [2.24, 2.45) is 0 Å². The third-order valence-corrected chi connectivity index (χ3v) is 3.71. The van der Waals surface area contributed by atoms with Crippen molar-refractivity contribution in [1.29, 1.82) is 0 Å². The van der Waals surface area contributed by atoms with Crippen molar-refractivity contribution in [2.45, 2.75) is 13.2 Å². The van der Waals surface area contributed by atoms with Crippen molar-refractivity contribution < 1.29 is 18.7 Å². The van der Waals surface area contributed by atoms with Crippen LogP contribution in [0.25, 0.3) is 0 Å². The second kappa shape index (κ2) is 8.30. The van der Waals surface area contributed by atoms with Gasteiger partial charge in [-0.25, -0.2) is 4.68 Å². The number of amides is 1. The van der Waals surface area contributed by atoms with E-state index in [1.807, 2.05) is 18.2 Å². The first-order chi connectivity index (χ1) is 12.6. The zero-order valence-electron chi connectivity index (χ0n) is 14.0. The monoisotopic (exact) mass is 371 g/mol. The maximum Gasteiger partial charge on any atom is 0.287 e. The number of para-hydroxylation sites is 1. The Morgan fingerprint density at radius 3 is 2.54 bits per heavy atom. The summed E-state index contributed by atoms with van der Waals surface area (Å²) in [6.07, 6.45) is 0. The molecule has 7 nitrogen and oxygen atoms in total. The van der Waals surface area contributed by atoms with Gasteiger partial charge < -0.3 is 19.2 Å². The van der Waals surface area contributed by atoms with E-state index in [9.17, 15) is 4.79 Å². The first kappa shape index (κ1) is 17.7. The van der Waals surface area contributed by atoms with Gasteiger partial charge in [-0.2, -0.15) is 0 Å². The van der Waals surface area contributed by atoms with Crippen molar-refractivity contribution in [2.75, 3.05) is 12.4 Å². The van der Waals surface area contributed by atoms with Crippen LogP contribution in [0.2, 0.25) is 0 Å². The van der Waals surface area contributed by atoms with E-state index in [-0.39, 0.29) is 23.9 Å². The maximum absolute atomic E-state index is 12.1. The Bertz CT molecular complexity index is 920. The van der Waals surface area contributed by atoms with Crippen LogP contribution in [0.1, 0.15) is 5.89 Å². The topological polar surface area (TPSA) is 78.5 Å². The summed E-state index contributed by atoms with van der Waals surface area (Å²) in [5.74, 6) is 1.42. The van der Waals surface area contributed by atoms with E-state index < -0.39 is 0 Å². The normalized spacial score (nSPS) is 10.3. The van der Waals surface area contributed by atoms with Gasteiger partial charge in [0.2, 0.25) is 5.91 Å². The van der Waals surface area contributed by atoms with Crippen LogP contribution >= 0.6 is 12.2 Å². The zero-order chi connectivity index (χ0) is 18.4. The van der Waals surface area contributed by atoms with E-state index in [2.05, 4.69) is 10.4 Å². The number of rotatable bonds is 7. The van der Waals surface area contributed by atoms with Gasteiger partial charge in [0.25, 0.3) is 10.7 Å². The minimum absolute atomic E-state index is 0.0419. The maximum atomic E-state index is 12.1. The van der Waals surface area contributed by atoms with Crippen molar-refractivity contribution in [1.82, 2.24) is 9.78 Å². The Kier molecular flexibility index (Phi) is 5.65. The SMILES string of the molecule is COc1ccc(OCc2nn(CC(=O)Nc3ccccc3)c(=S)o2)cc1. The highest BCUT2D eigenvalue weighted by atomic mass is 32.1. The predicted molar refractivity (Wildman–Crippen MR) is 97.7 cm³/mol. The van der Waals surface area contributed by atoms with Crippen molar-refractivity contribution in [3.8, 4) is 11.5 Å². The minimum Gasteiger partial charge on any atom is -0.497 e. The summed E-state index contributed by atoms with van der Waals surface area (Å²) in [7, 11) is 1.60. The van der Waals surface area contributed by atoms with Gasteiger partial charge >= 0.3 is 0 Å². The molecule has 3 aromatic rings. The number of nitrogens with one attached hydrogen (secondary N) is 1. The summed E-state index contributed by atoms with van der Waals surface area (Å²) in [6, 6.07) is 16.3. The average Bonchev–Trinajstić information content (AvgIpc) is 3.00. The summed E-state index contributed by atoms with van der Waals surface area (Å²) in [6.45, 7) is 0.0586. The summed E-state index contributed by atoms with van der Waals surface area (Å²) in [5.41, 5.74) is 0.704. The summed E-state index contributed by atoms with van der Waals surface area (Å²) >= 11 is 5.10. The van der Waals surface area contributed by atoms with Crippen LogP contribution in [0.15, 0.2) is 59.0 Å². The van der Waals surface area contributed by atoms with Crippen LogP contribution in [0.4, 0.5) is 5.69 Å². The van der Waals surface area contributed by atoms with E-state index in [0.717, 1.165) is 5.75 Å². The lowest BCUT2D eigenvalue weighted by Gasteiger charge is -2.04. The number of methoxy groups -OCH3 is 1. The smallest absolute Gasteiger partial charge is 0.287 e. The molecule has 1 N–H and O–H groups in total. The summed E-state index contributed by atoms with van der Waals surface area (Å²) in [4.78, 5) is 12.2. The molecule has 0 aliphatic carbocycles. The lowest BCUT2D eigenvalue weighted by molar-refractivity contribution is -0.117. The molecule has 0 aliphatic rings. The Labute approximate surface area is 155 Å². The van der Waals surface area contributed by atoms with Gasteiger partial charge in [-0.1, -0.05) is 18.2 Å². The molecule has 0 bridgehead atoms. The standard InChI is InChI=1S/C18H17N3O4S/c1-23-14-7-9-15(10-8-14)24-12-17-20-21(18(26)25-17)11-16(22)19-13-5-3-2-4-6-13/h2-10H,11-12H2,1H3,(H,19,22). The second-order valence-electron chi connectivity index (χ2n) is 5.30. The predicted octanol–water partition coefficient (Wildman–Crippen LogP) is 3.43. The molecule has 8 heteroatoms. The van der Waals surface area contributed by atoms with Crippen LogP contribution in [0.3, 0.4) is 0 Å². The first-order valence-corrected chi connectivity index (χ1v) is 8.23. The van der Waals surface area contributed by atoms with Gasteiger partial charge in [-0.15, -0.1) is 5.10 Å². The van der Waals surface area contributed by atoms with Crippen LogP contribution < -0.4 is 14.8 Å². The number of anilines is 1. The Morgan fingerprint density at radius 2 is 1.85 bits per heavy atom. The molecule has 3 rings (SSSR count). The fourth-order valence-electron chi connectivity index (χ4n) is 2.18. The van der Waals surface area contributed by atoms with Crippen molar-refractivity contribution in [3.05, 3.63) is 65.3 Å². The average molecular weight is 371 g/mol. The molecule has 0 radical (unpaired) electrons. The molecule has 0 spiro atoms. The minimum atomic E-state index is -0.247. The number of benzene rings is 2. The number of carbonyl (C=O) groups excluding carboxylic acids is 1. The van der Waals surface area contributed by atoms with E-state index in [1.165, 1.54) is 4.68 Å². The number of ether oxygens (including phenoxy) is 2. The van der Waals surface area contributed by atoms with Gasteiger partial charge in [-0.3, -0.25) is 4.79 Å². The molecule has 1 heterocycles. The van der Waals surface area contributed by atoms with Gasteiger partial charge in [0.15, 0.2) is 6.61 Å².